The number of nitrogens with zero attached hydrogens (tertiary/aromatic N) is 3. The molecular formula is C21H27N3O3. The first kappa shape index (κ1) is 19.2. The molecule has 1 aliphatic heterocycles. The largest absolute Gasteiger partial charge is 0.481 e. The van der Waals surface area contributed by atoms with Gasteiger partial charge in [0.05, 0.1) is 11.6 Å². The maximum atomic E-state index is 11.2. The van der Waals surface area contributed by atoms with Crippen LogP contribution in [-0.4, -0.2) is 52.5 Å². The number of hydrogen-bond donors (Lipinski definition) is 1. The molecule has 1 atom stereocenters. The molecule has 0 aliphatic carbocycles. The Bertz CT molecular complexity index is 813. The van der Waals surface area contributed by atoms with E-state index in [9.17, 15) is 9.90 Å². The lowest BCUT2D eigenvalue weighted by Crippen LogP contribution is -2.40. The van der Waals surface area contributed by atoms with Crippen molar-refractivity contribution >= 4 is 11.7 Å². The van der Waals surface area contributed by atoms with E-state index in [2.05, 4.69) is 23.0 Å². The molecular weight excluding hydrogens is 342 g/mol. The molecule has 0 radical (unpaired) electrons. The van der Waals surface area contributed by atoms with Crippen molar-refractivity contribution in [3.8, 4) is 0 Å². The molecule has 0 unspecified atom stereocenters. The van der Waals surface area contributed by atoms with Gasteiger partial charge in [-0.05, 0) is 44.0 Å². The fraction of sp³-hybridized carbons (Fsp3) is 0.429. The molecule has 6 heteroatoms. The third-order valence-corrected chi connectivity index (χ3v) is 5.10. The molecule has 2 aromatic rings. The van der Waals surface area contributed by atoms with Gasteiger partial charge in [-0.3, -0.25) is 9.69 Å². The normalized spacial score (nSPS) is 18.4. The van der Waals surface area contributed by atoms with E-state index in [1.807, 2.05) is 48.1 Å². The summed E-state index contributed by atoms with van der Waals surface area (Å²) in [5.41, 5.74) is 3.99. The molecule has 0 bridgehead atoms. The second-order valence-electron chi connectivity index (χ2n) is 7.07. The van der Waals surface area contributed by atoms with Gasteiger partial charge in [-0.2, -0.15) is 0 Å². The Morgan fingerprint density at radius 3 is 2.81 bits per heavy atom. The Labute approximate surface area is 160 Å². The monoisotopic (exact) mass is 369 g/mol. The van der Waals surface area contributed by atoms with Gasteiger partial charge < -0.3 is 14.5 Å². The summed E-state index contributed by atoms with van der Waals surface area (Å²) < 4.78 is 2.02. The Morgan fingerprint density at radius 1 is 1.30 bits per heavy atom. The van der Waals surface area contributed by atoms with Crippen molar-refractivity contribution in [3.63, 3.8) is 0 Å². The molecule has 144 valence electrons. The van der Waals surface area contributed by atoms with Crippen LogP contribution in [0.3, 0.4) is 0 Å². The first-order valence-corrected chi connectivity index (χ1v) is 9.39. The van der Waals surface area contributed by atoms with Crippen LogP contribution in [-0.2, 0) is 16.7 Å². The first-order chi connectivity index (χ1) is 13.1. The maximum absolute atomic E-state index is 11.2. The van der Waals surface area contributed by atoms with E-state index < -0.39 is 5.97 Å². The van der Waals surface area contributed by atoms with Crippen LogP contribution in [0.4, 0.5) is 0 Å². The van der Waals surface area contributed by atoms with Gasteiger partial charge in [-0.25, -0.2) is 0 Å². The number of aliphatic carboxylic acids is 1. The molecule has 3 rings (SSSR count). The zero-order valence-electron chi connectivity index (χ0n) is 16.0. The summed E-state index contributed by atoms with van der Waals surface area (Å²) in [5.74, 6) is -0.975. The summed E-state index contributed by atoms with van der Waals surface area (Å²) in [6.07, 6.45) is 3.66. The lowest BCUT2D eigenvalue weighted by atomic mass is 9.98. The van der Waals surface area contributed by atoms with Gasteiger partial charge in [0, 0.05) is 31.9 Å². The summed E-state index contributed by atoms with van der Waals surface area (Å²) in [6.45, 7) is 4.69. The first-order valence-electron chi connectivity index (χ1n) is 9.39. The molecule has 1 N–H and O–H groups in total. The molecule has 0 saturated carbocycles. The highest BCUT2D eigenvalue weighted by molar-refractivity contribution is 6.12. The Kier molecular flexibility index (Phi) is 6.29. The smallest absolute Gasteiger partial charge is 0.307 e. The topological polar surface area (TPSA) is 67.1 Å². The van der Waals surface area contributed by atoms with Gasteiger partial charge in [0.15, 0.2) is 0 Å². The second kappa shape index (κ2) is 8.86. The molecule has 0 amide bonds. The third-order valence-electron chi connectivity index (χ3n) is 5.10. The summed E-state index contributed by atoms with van der Waals surface area (Å²) >= 11 is 0. The second-order valence-corrected chi connectivity index (χ2v) is 7.07. The average molecular weight is 369 g/mol. The lowest BCUT2D eigenvalue weighted by molar-refractivity contribution is -0.143. The van der Waals surface area contributed by atoms with Crippen LogP contribution in [0.2, 0.25) is 0 Å². The van der Waals surface area contributed by atoms with Crippen molar-refractivity contribution in [3.05, 3.63) is 59.4 Å². The van der Waals surface area contributed by atoms with Crippen LogP contribution < -0.4 is 0 Å². The van der Waals surface area contributed by atoms with Crippen molar-refractivity contribution in [1.82, 2.24) is 9.47 Å². The minimum absolute atomic E-state index is 0.270. The van der Waals surface area contributed by atoms with Crippen molar-refractivity contribution < 1.29 is 14.7 Å². The minimum Gasteiger partial charge on any atom is -0.481 e. The average Bonchev–Trinajstić information content (AvgIpc) is 3.09. The minimum atomic E-state index is -0.704. The summed E-state index contributed by atoms with van der Waals surface area (Å²) in [7, 11) is 1.99. The predicted molar refractivity (Wildman–Crippen MR) is 105 cm³/mol. The number of carboxylic acid groups (broad SMARTS) is 1. The van der Waals surface area contributed by atoms with E-state index in [4.69, 9.17) is 4.84 Å². The van der Waals surface area contributed by atoms with Crippen molar-refractivity contribution in [2.45, 2.75) is 19.8 Å². The number of carbonyl (C=O) groups is 1. The van der Waals surface area contributed by atoms with E-state index in [1.165, 1.54) is 0 Å². The number of aromatic nitrogens is 1. The predicted octanol–water partition coefficient (Wildman–Crippen LogP) is 2.90. The molecule has 0 spiro atoms. The molecule has 1 aromatic heterocycles. The number of hydrogen-bond acceptors (Lipinski definition) is 4. The van der Waals surface area contributed by atoms with E-state index >= 15 is 0 Å². The van der Waals surface area contributed by atoms with Crippen LogP contribution >= 0.6 is 0 Å². The van der Waals surface area contributed by atoms with E-state index in [0.717, 1.165) is 41.9 Å². The summed E-state index contributed by atoms with van der Waals surface area (Å²) in [6, 6.07) is 12.1. The number of piperidine rings is 1. The molecule has 1 saturated heterocycles. The highest BCUT2D eigenvalue weighted by Gasteiger charge is 2.25. The number of likely N-dealkylation sites (tertiary alicyclic amines) is 1. The molecule has 1 aromatic carbocycles. The van der Waals surface area contributed by atoms with Gasteiger partial charge in [0.1, 0.15) is 12.3 Å². The zero-order chi connectivity index (χ0) is 19.2. The third kappa shape index (κ3) is 4.77. The van der Waals surface area contributed by atoms with Crippen LogP contribution in [0, 0.1) is 12.8 Å². The van der Waals surface area contributed by atoms with Gasteiger partial charge in [0.2, 0.25) is 0 Å². The Balaban J connectivity index is 1.67. The fourth-order valence-corrected chi connectivity index (χ4v) is 3.52. The Morgan fingerprint density at radius 2 is 2.11 bits per heavy atom. The van der Waals surface area contributed by atoms with E-state index in [-0.39, 0.29) is 5.92 Å². The van der Waals surface area contributed by atoms with Crippen LogP contribution in [0.5, 0.6) is 0 Å². The highest BCUT2D eigenvalue weighted by atomic mass is 16.6. The van der Waals surface area contributed by atoms with Crippen molar-refractivity contribution in [2.24, 2.45) is 18.1 Å². The van der Waals surface area contributed by atoms with Gasteiger partial charge in [0.25, 0.3) is 0 Å². The van der Waals surface area contributed by atoms with E-state index in [1.54, 1.807) is 0 Å². The molecule has 2 heterocycles. The number of rotatable bonds is 7. The lowest BCUT2D eigenvalue weighted by Gasteiger charge is -2.29. The van der Waals surface area contributed by atoms with Crippen LogP contribution in [0.15, 0.2) is 47.8 Å². The number of oxime groups is 1. The van der Waals surface area contributed by atoms with Crippen molar-refractivity contribution in [2.75, 3.05) is 26.2 Å². The quantitative estimate of drug-likeness (QED) is 0.463. The molecule has 6 nitrogen and oxygen atoms in total. The maximum Gasteiger partial charge on any atom is 0.307 e. The summed E-state index contributed by atoms with van der Waals surface area (Å²) in [4.78, 5) is 19.0. The Hall–Kier alpha value is -2.60. The van der Waals surface area contributed by atoms with E-state index in [0.29, 0.717) is 19.7 Å². The van der Waals surface area contributed by atoms with Gasteiger partial charge in [-0.1, -0.05) is 29.4 Å². The van der Waals surface area contributed by atoms with Crippen molar-refractivity contribution in [1.29, 1.82) is 0 Å². The fourth-order valence-electron chi connectivity index (χ4n) is 3.52. The SMILES string of the molecule is Cc1ccccc1C(=NOCCN1CCC[C@@H](C(=O)O)C1)c1cccn1C. The van der Waals surface area contributed by atoms with Gasteiger partial charge >= 0.3 is 5.97 Å². The van der Waals surface area contributed by atoms with Gasteiger partial charge in [-0.15, -0.1) is 0 Å². The number of aryl methyl sites for hydroxylation is 2. The molecule has 1 fully saturated rings. The highest BCUT2D eigenvalue weighted by Crippen LogP contribution is 2.17. The zero-order valence-corrected chi connectivity index (χ0v) is 16.0. The standard InChI is InChI=1S/C21H27N3O3/c1-16-7-3-4-9-18(16)20(19-10-6-11-23(19)2)22-27-14-13-24-12-5-8-17(15-24)21(25)26/h3-4,6-7,9-11,17H,5,8,12-15H2,1-2H3,(H,25,26)/t17-/m1/s1. The molecule has 27 heavy (non-hydrogen) atoms. The van der Waals surface area contributed by atoms with Crippen LogP contribution in [0.1, 0.15) is 29.7 Å². The molecule has 1 aliphatic rings. The number of carboxylic acids is 1. The summed E-state index contributed by atoms with van der Waals surface area (Å²) in [5, 5.41) is 13.7. The number of benzene rings is 1. The van der Waals surface area contributed by atoms with Crippen LogP contribution in [0.25, 0.3) is 0 Å².